The average Bonchev–Trinajstić information content (AvgIpc) is 3.71. The Morgan fingerprint density at radius 3 is 2.60 bits per heavy atom. The number of anilines is 2. The predicted molar refractivity (Wildman–Crippen MR) is 151 cm³/mol. The van der Waals surface area contributed by atoms with Crippen LogP contribution >= 0.6 is 11.3 Å². The number of imidazole rings is 1. The molecule has 12 heteroatoms. The standard InChI is InChI=1S/C28H26N6O5S/c1-16-30-14-22(39-16)23-11-12-24(40-23)26(37)32-28-31-19-13-18(33(3)27(38)17-7-5-4-6-8-17)9-10-20(19)34(28)15-21(35)25(36)29-2/h4-14,21,35H,15H2,1-3H3,(H,29,36)(H,31,32,37). The fraction of sp³-hybridized carbons (Fsp3) is 0.179. The Kier molecular flexibility index (Phi) is 7.45. The molecule has 3 aromatic heterocycles. The van der Waals surface area contributed by atoms with Gasteiger partial charge in [0.1, 0.15) is 0 Å². The van der Waals surface area contributed by atoms with Gasteiger partial charge in [0, 0.05) is 32.3 Å². The van der Waals surface area contributed by atoms with Crippen LogP contribution in [0, 0.1) is 6.92 Å². The molecule has 0 bridgehead atoms. The van der Waals surface area contributed by atoms with Crippen LogP contribution in [0.3, 0.4) is 0 Å². The van der Waals surface area contributed by atoms with E-state index in [-0.39, 0.29) is 18.4 Å². The lowest BCUT2D eigenvalue weighted by Crippen LogP contribution is -2.35. The molecular weight excluding hydrogens is 532 g/mol. The molecule has 1 atom stereocenters. The Bertz CT molecular complexity index is 1710. The van der Waals surface area contributed by atoms with Gasteiger partial charge in [-0.1, -0.05) is 18.2 Å². The van der Waals surface area contributed by atoms with Crippen molar-refractivity contribution in [2.75, 3.05) is 24.3 Å². The fourth-order valence-corrected chi connectivity index (χ4v) is 5.00. The third-order valence-corrected chi connectivity index (χ3v) is 7.37. The lowest BCUT2D eigenvalue weighted by Gasteiger charge is -2.18. The SMILES string of the molecule is CNC(=O)C(O)Cn1c(NC(=O)c2ccc(-c3cnc(C)o3)s2)nc2cc(N(C)C(=O)c3ccccc3)ccc21. The Morgan fingerprint density at radius 1 is 1.12 bits per heavy atom. The Balaban J connectivity index is 1.47. The van der Waals surface area contributed by atoms with E-state index in [1.807, 2.05) is 6.07 Å². The minimum Gasteiger partial charge on any atom is -0.440 e. The molecule has 5 rings (SSSR count). The normalized spacial score (nSPS) is 11.8. The van der Waals surface area contributed by atoms with Crippen LogP contribution in [0.15, 0.2) is 71.3 Å². The van der Waals surface area contributed by atoms with E-state index in [2.05, 4.69) is 20.6 Å². The first kappa shape index (κ1) is 26.8. The fourth-order valence-electron chi connectivity index (χ4n) is 4.15. The van der Waals surface area contributed by atoms with E-state index in [1.165, 1.54) is 23.3 Å². The third kappa shape index (κ3) is 5.35. The number of carbonyl (C=O) groups is 3. The second-order valence-corrected chi connectivity index (χ2v) is 10.0. The van der Waals surface area contributed by atoms with Crippen molar-refractivity contribution in [1.29, 1.82) is 0 Å². The Morgan fingerprint density at radius 2 is 1.90 bits per heavy atom. The number of aliphatic hydroxyl groups is 1. The van der Waals surface area contributed by atoms with Crippen LogP contribution in [0.4, 0.5) is 11.6 Å². The van der Waals surface area contributed by atoms with Gasteiger partial charge in [0.25, 0.3) is 11.8 Å². The molecule has 0 fully saturated rings. The van der Waals surface area contributed by atoms with Gasteiger partial charge in [0.05, 0.1) is 33.5 Å². The molecule has 11 nitrogen and oxygen atoms in total. The summed E-state index contributed by atoms with van der Waals surface area (Å²) in [5.74, 6) is 0.0303. The van der Waals surface area contributed by atoms with Gasteiger partial charge in [-0.3, -0.25) is 19.7 Å². The number of oxazole rings is 1. The first-order valence-corrected chi connectivity index (χ1v) is 13.1. The summed E-state index contributed by atoms with van der Waals surface area (Å²) in [6, 6.07) is 17.5. The monoisotopic (exact) mass is 558 g/mol. The minimum atomic E-state index is -1.39. The van der Waals surface area contributed by atoms with Crippen LogP contribution in [-0.2, 0) is 11.3 Å². The number of aromatic nitrogens is 3. The summed E-state index contributed by atoms with van der Waals surface area (Å²) >= 11 is 1.23. The first-order chi connectivity index (χ1) is 19.2. The van der Waals surface area contributed by atoms with Gasteiger partial charge in [0.15, 0.2) is 17.8 Å². The number of benzene rings is 2. The maximum absolute atomic E-state index is 13.2. The first-order valence-electron chi connectivity index (χ1n) is 12.3. The molecule has 3 amide bonds. The van der Waals surface area contributed by atoms with Crippen molar-refractivity contribution in [3.05, 3.63) is 83.2 Å². The molecular formula is C28H26N6O5S. The molecule has 1 unspecified atom stereocenters. The summed E-state index contributed by atoms with van der Waals surface area (Å²) in [5.41, 5.74) is 2.15. The van der Waals surface area contributed by atoms with E-state index in [9.17, 15) is 19.5 Å². The number of carbonyl (C=O) groups excluding carboxylic acids is 3. The van der Waals surface area contributed by atoms with Crippen LogP contribution in [-0.4, -0.2) is 57.6 Å². The van der Waals surface area contributed by atoms with Gasteiger partial charge in [-0.25, -0.2) is 9.97 Å². The van der Waals surface area contributed by atoms with Crippen LogP contribution in [0.5, 0.6) is 0 Å². The zero-order chi connectivity index (χ0) is 28.4. The number of fused-ring (bicyclic) bond motifs is 1. The number of aryl methyl sites for hydroxylation is 1. The highest BCUT2D eigenvalue weighted by molar-refractivity contribution is 7.17. The summed E-state index contributed by atoms with van der Waals surface area (Å²) in [6.07, 6.45) is 0.211. The largest absolute Gasteiger partial charge is 0.440 e. The molecule has 204 valence electrons. The summed E-state index contributed by atoms with van der Waals surface area (Å²) in [6.45, 7) is 1.58. The smallest absolute Gasteiger partial charge is 0.268 e. The molecule has 3 N–H and O–H groups in total. The van der Waals surface area contributed by atoms with Crippen molar-refractivity contribution in [2.45, 2.75) is 19.6 Å². The second-order valence-electron chi connectivity index (χ2n) is 8.94. The van der Waals surface area contributed by atoms with Crippen molar-refractivity contribution < 1.29 is 23.9 Å². The van der Waals surface area contributed by atoms with E-state index < -0.39 is 17.9 Å². The zero-order valence-electron chi connectivity index (χ0n) is 21.9. The number of likely N-dealkylation sites (N-methyl/N-ethyl adjacent to an activating group) is 1. The van der Waals surface area contributed by atoms with Gasteiger partial charge in [-0.05, 0) is 42.5 Å². The van der Waals surface area contributed by atoms with Crippen molar-refractivity contribution >= 4 is 51.7 Å². The van der Waals surface area contributed by atoms with Gasteiger partial charge >= 0.3 is 0 Å². The number of amides is 3. The molecule has 0 aliphatic heterocycles. The minimum absolute atomic E-state index is 0.141. The maximum atomic E-state index is 13.2. The summed E-state index contributed by atoms with van der Waals surface area (Å²) in [5, 5.41) is 15.7. The molecule has 0 spiro atoms. The summed E-state index contributed by atoms with van der Waals surface area (Å²) in [7, 11) is 3.09. The van der Waals surface area contributed by atoms with Crippen molar-refractivity contribution in [2.24, 2.45) is 0 Å². The van der Waals surface area contributed by atoms with Crippen LogP contribution < -0.4 is 15.5 Å². The number of rotatable bonds is 8. The van der Waals surface area contributed by atoms with E-state index in [0.29, 0.717) is 38.8 Å². The molecule has 0 saturated heterocycles. The van der Waals surface area contributed by atoms with Crippen LogP contribution in [0.25, 0.3) is 21.7 Å². The second kappa shape index (κ2) is 11.1. The van der Waals surface area contributed by atoms with E-state index in [1.54, 1.807) is 79.3 Å². The number of nitrogens with one attached hydrogen (secondary N) is 2. The van der Waals surface area contributed by atoms with E-state index in [0.717, 1.165) is 4.88 Å². The highest BCUT2D eigenvalue weighted by Crippen LogP contribution is 2.30. The molecule has 0 aliphatic rings. The van der Waals surface area contributed by atoms with Gasteiger partial charge in [-0.2, -0.15) is 0 Å². The van der Waals surface area contributed by atoms with E-state index >= 15 is 0 Å². The number of hydrogen-bond acceptors (Lipinski definition) is 8. The number of hydrogen-bond donors (Lipinski definition) is 3. The topological polar surface area (TPSA) is 143 Å². The van der Waals surface area contributed by atoms with Crippen molar-refractivity contribution in [1.82, 2.24) is 19.9 Å². The molecule has 0 radical (unpaired) electrons. The Hall–Kier alpha value is -4.81. The number of aliphatic hydroxyl groups excluding tert-OH is 1. The molecule has 0 aliphatic carbocycles. The van der Waals surface area contributed by atoms with Crippen LogP contribution in [0.2, 0.25) is 0 Å². The summed E-state index contributed by atoms with van der Waals surface area (Å²) in [4.78, 5) is 49.6. The van der Waals surface area contributed by atoms with Gasteiger partial charge in [-0.15, -0.1) is 11.3 Å². The Labute approximate surface area is 233 Å². The maximum Gasteiger partial charge on any atom is 0.268 e. The third-order valence-electron chi connectivity index (χ3n) is 6.27. The lowest BCUT2D eigenvalue weighted by molar-refractivity contribution is -0.129. The van der Waals surface area contributed by atoms with Gasteiger partial charge in [0.2, 0.25) is 11.9 Å². The molecule has 0 saturated carbocycles. The van der Waals surface area contributed by atoms with Crippen LogP contribution in [0.1, 0.15) is 25.9 Å². The molecule has 40 heavy (non-hydrogen) atoms. The number of nitrogens with zero attached hydrogens (tertiary/aromatic N) is 4. The van der Waals surface area contributed by atoms with E-state index in [4.69, 9.17) is 4.42 Å². The average molecular weight is 559 g/mol. The summed E-state index contributed by atoms with van der Waals surface area (Å²) < 4.78 is 7.11. The quantitative estimate of drug-likeness (QED) is 0.264. The molecule has 5 aromatic rings. The number of thiophene rings is 1. The lowest BCUT2D eigenvalue weighted by atomic mass is 10.2. The van der Waals surface area contributed by atoms with Crippen molar-refractivity contribution in [3.8, 4) is 10.6 Å². The van der Waals surface area contributed by atoms with Gasteiger partial charge < -0.3 is 24.3 Å². The van der Waals surface area contributed by atoms with Crippen molar-refractivity contribution in [3.63, 3.8) is 0 Å². The molecule has 2 aromatic carbocycles. The predicted octanol–water partition coefficient (Wildman–Crippen LogP) is 3.70. The molecule has 3 heterocycles. The zero-order valence-corrected chi connectivity index (χ0v) is 22.7. The highest BCUT2D eigenvalue weighted by atomic mass is 32.1. The highest BCUT2D eigenvalue weighted by Gasteiger charge is 2.22.